The van der Waals surface area contributed by atoms with Gasteiger partial charge in [-0.1, -0.05) is 0 Å². The lowest BCUT2D eigenvalue weighted by molar-refractivity contribution is -0.146. The van der Waals surface area contributed by atoms with Gasteiger partial charge >= 0.3 is 11.9 Å². The van der Waals surface area contributed by atoms with Crippen LogP contribution in [0.15, 0.2) is 0 Å². The molecule has 1 saturated heterocycles. The van der Waals surface area contributed by atoms with Crippen LogP contribution in [0.2, 0.25) is 0 Å². The molecule has 110 valence electrons. The number of carbonyl (C=O) groups excluding carboxylic acids is 2. The van der Waals surface area contributed by atoms with Crippen molar-refractivity contribution in [3.63, 3.8) is 0 Å². The van der Waals surface area contributed by atoms with Gasteiger partial charge in [0.1, 0.15) is 12.6 Å². The molecule has 0 aliphatic carbocycles. The van der Waals surface area contributed by atoms with Gasteiger partial charge in [-0.05, 0) is 19.8 Å². The summed E-state index contributed by atoms with van der Waals surface area (Å²) in [7, 11) is -2.74. The van der Waals surface area contributed by atoms with E-state index in [0.29, 0.717) is 12.8 Å². The minimum Gasteiger partial charge on any atom is -0.468 e. The normalized spacial score (nSPS) is 20.2. The Balaban J connectivity index is 2.70. The second-order valence-corrected chi connectivity index (χ2v) is 5.63. The molecule has 8 nitrogen and oxygen atoms in total. The van der Waals surface area contributed by atoms with Crippen molar-refractivity contribution in [1.82, 2.24) is 9.03 Å². The maximum absolute atomic E-state index is 12.0. The monoisotopic (exact) mass is 294 g/mol. The molecule has 1 rings (SSSR count). The summed E-state index contributed by atoms with van der Waals surface area (Å²) >= 11 is 0. The smallest absolute Gasteiger partial charge is 0.324 e. The Morgan fingerprint density at radius 2 is 2.11 bits per heavy atom. The van der Waals surface area contributed by atoms with Gasteiger partial charge in [0.15, 0.2) is 0 Å². The molecule has 1 heterocycles. The molecule has 1 N–H and O–H groups in total. The maximum Gasteiger partial charge on any atom is 0.324 e. The van der Waals surface area contributed by atoms with Gasteiger partial charge in [0.05, 0.1) is 13.7 Å². The first-order valence-corrected chi connectivity index (χ1v) is 7.36. The standard InChI is InChI=1S/C10H18N2O6S/c1-3-18-10(14)8-5-4-6-12(8)19(15,16)11-7-9(13)17-2/h8,11H,3-7H2,1-2H3. The van der Waals surface area contributed by atoms with Gasteiger partial charge in [0.2, 0.25) is 0 Å². The third kappa shape index (κ3) is 4.15. The average Bonchev–Trinajstić information content (AvgIpc) is 2.86. The Kier molecular flexibility index (Phi) is 5.70. The number of carbonyl (C=O) groups is 2. The van der Waals surface area contributed by atoms with Crippen LogP contribution in [-0.4, -0.2) is 57.5 Å². The van der Waals surface area contributed by atoms with Gasteiger partial charge in [-0.2, -0.15) is 17.4 Å². The molecule has 0 spiro atoms. The van der Waals surface area contributed by atoms with Crippen molar-refractivity contribution in [3.8, 4) is 0 Å². The Labute approximate surface area is 112 Å². The molecule has 19 heavy (non-hydrogen) atoms. The van der Waals surface area contributed by atoms with Gasteiger partial charge in [-0.15, -0.1) is 0 Å². The zero-order chi connectivity index (χ0) is 14.5. The van der Waals surface area contributed by atoms with Crippen molar-refractivity contribution in [2.45, 2.75) is 25.8 Å². The van der Waals surface area contributed by atoms with Crippen LogP contribution in [0.1, 0.15) is 19.8 Å². The molecule has 1 unspecified atom stereocenters. The maximum atomic E-state index is 12.0. The highest BCUT2D eigenvalue weighted by Gasteiger charge is 2.39. The highest BCUT2D eigenvalue weighted by Crippen LogP contribution is 2.21. The quantitative estimate of drug-likeness (QED) is 0.632. The molecule has 0 amide bonds. The number of nitrogens with one attached hydrogen (secondary N) is 1. The average molecular weight is 294 g/mol. The van der Waals surface area contributed by atoms with Crippen LogP contribution in [-0.2, 0) is 29.3 Å². The van der Waals surface area contributed by atoms with Crippen molar-refractivity contribution in [1.29, 1.82) is 0 Å². The summed E-state index contributed by atoms with van der Waals surface area (Å²) in [6.07, 6.45) is 0.987. The highest BCUT2D eigenvalue weighted by atomic mass is 32.2. The SMILES string of the molecule is CCOC(=O)C1CCCN1S(=O)(=O)NCC(=O)OC. The number of ether oxygens (including phenoxy) is 2. The van der Waals surface area contributed by atoms with Crippen molar-refractivity contribution in [2.24, 2.45) is 0 Å². The zero-order valence-corrected chi connectivity index (χ0v) is 11.7. The number of hydrogen-bond donors (Lipinski definition) is 1. The first-order valence-electron chi connectivity index (χ1n) is 5.92. The van der Waals surface area contributed by atoms with Gasteiger partial charge < -0.3 is 9.47 Å². The van der Waals surface area contributed by atoms with E-state index in [0.717, 1.165) is 11.4 Å². The van der Waals surface area contributed by atoms with E-state index in [1.54, 1.807) is 6.92 Å². The predicted molar refractivity (Wildman–Crippen MR) is 65.3 cm³/mol. The summed E-state index contributed by atoms with van der Waals surface area (Å²) in [5.41, 5.74) is 0. The van der Waals surface area contributed by atoms with Crippen LogP contribution in [0, 0.1) is 0 Å². The summed E-state index contributed by atoms with van der Waals surface area (Å²) in [6, 6.07) is -0.824. The summed E-state index contributed by atoms with van der Waals surface area (Å²) in [5.74, 6) is -1.26. The molecule has 0 saturated carbocycles. The minimum atomic E-state index is -3.90. The van der Waals surface area contributed by atoms with E-state index >= 15 is 0 Å². The third-order valence-electron chi connectivity index (χ3n) is 2.70. The summed E-state index contributed by atoms with van der Waals surface area (Å²) in [5, 5.41) is 0. The van der Waals surface area contributed by atoms with Crippen LogP contribution in [0.4, 0.5) is 0 Å². The Morgan fingerprint density at radius 1 is 1.42 bits per heavy atom. The van der Waals surface area contributed by atoms with Crippen molar-refractivity contribution in [2.75, 3.05) is 26.8 Å². The minimum absolute atomic E-state index is 0.193. The van der Waals surface area contributed by atoms with E-state index in [1.807, 2.05) is 0 Å². The number of esters is 2. The van der Waals surface area contributed by atoms with Crippen molar-refractivity contribution >= 4 is 22.1 Å². The molecule has 0 aromatic rings. The van der Waals surface area contributed by atoms with Gasteiger partial charge in [-0.25, -0.2) is 0 Å². The molecule has 1 aliphatic rings. The molecular weight excluding hydrogens is 276 g/mol. The molecule has 0 radical (unpaired) electrons. The van der Waals surface area contributed by atoms with E-state index < -0.39 is 34.7 Å². The largest absolute Gasteiger partial charge is 0.468 e. The predicted octanol–water partition coefficient (Wildman–Crippen LogP) is -0.979. The first kappa shape index (κ1) is 15.9. The number of rotatable bonds is 6. The highest BCUT2D eigenvalue weighted by molar-refractivity contribution is 7.87. The van der Waals surface area contributed by atoms with E-state index in [2.05, 4.69) is 9.46 Å². The number of methoxy groups -OCH3 is 1. The van der Waals surface area contributed by atoms with Gasteiger partial charge in [0, 0.05) is 6.54 Å². The van der Waals surface area contributed by atoms with E-state index in [9.17, 15) is 18.0 Å². The molecule has 0 aromatic carbocycles. The summed E-state index contributed by atoms with van der Waals surface area (Å²) in [4.78, 5) is 22.6. The molecule has 1 atom stereocenters. The van der Waals surface area contributed by atoms with Crippen LogP contribution in [0.3, 0.4) is 0 Å². The van der Waals surface area contributed by atoms with Gasteiger partial charge in [-0.3, -0.25) is 9.59 Å². The van der Waals surface area contributed by atoms with Crippen LogP contribution in [0.25, 0.3) is 0 Å². The van der Waals surface area contributed by atoms with Crippen LogP contribution < -0.4 is 4.72 Å². The lowest BCUT2D eigenvalue weighted by Crippen LogP contribution is -2.48. The van der Waals surface area contributed by atoms with E-state index in [4.69, 9.17) is 4.74 Å². The molecule has 0 bridgehead atoms. The fourth-order valence-electron chi connectivity index (χ4n) is 1.81. The first-order chi connectivity index (χ1) is 8.92. The molecule has 0 aromatic heterocycles. The van der Waals surface area contributed by atoms with Gasteiger partial charge in [0.25, 0.3) is 10.2 Å². The van der Waals surface area contributed by atoms with Crippen LogP contribution in [0.5, 0.6) is 0 Å². The summed E-state index contributed by atoms with van der Waals surface area (Å²) < 4.78 is 36.2. The molecule has 1 fully saturated rings. The molecule has 1 aliphatic heterocycles. The Bertz CT molecular complexity index is 435. The topological polar surface area (TPSA) is 102 Å². The van der Waals surface area contributed by atoms with Crippen molar-refractivity contribution < 1.29 is 27.5 Å². The number of nitrogens with zero attached hydrogens (tertiary/aromatic N) is 1. The fraction of sp³-hybridized carbons (Fsp3) is 0.800. The molecule has 9 heteroatoms. The van der Waals surface area contributed by atoms with Crippen molar-refractivity contribution in [3.05, 3.63) is 0 Å². The van der Waals surface area contributed by atoms with Crippen LogP contribution >= 0.6 is 0 Å². The van der Waals surface area contributed by atoms with E-state index in [-0.39, 0.29) is 13.2 Å². The lowest BCUT2D eigenvalue weighted by atomic mass is 10.2. The molecular formula is C10H18N2O6S. The summed E-state index contributed by atoms with van der Waals surface area (Å²) in [6.45, 7) is 1.60. The Hall–Kier alpha value is -1.19. The third-order valence-corrected chi connectivity index (χ3v) is 4.26. The number of hydrogen-bond acceptors (Lipinski definition) is 6. The Morgan fingerprint density at radius 3 is 2.68 bits per heavy atom. The second-order valence-electron chi connectivity index (χ2n) is 3.92. The van der Waals surface area contributed by atoms with E-state index in [1.165, 1.54) is 0 Å². The lowest BCUT2D eigenvalue weighted by Gasteiger charge is -2.22. The fourth-order valence-corrected chi connectivity index (χ4v) is 3.17. The zero-order valence-electron chi connectivity index (χ0n) is 10.9. The second kappa shape index (κ2) is 6.83.